The van der Waals surface area contributed by atoms with Gasteiger partial charge in [0, 0.05) is 13.1 Å². The molecule has 6 heteroatoms. The molecule has 1 fully saturated rings. The van der Waals surface area contributed by atoms with Crippen LogP contribution in [0.5, 0.6) is 0 Å². The highest BCUT2D eigenvalue weighted by atomic mass is 19.1. The molecule has 1 aliphatic rings. The topological polar surface area (TPSA) is 64.8 Å². The molecule has 0 aliphatic carbocycles. The van der Waals surface area contributed by atoms with E-state index in [4.69, 9.17) is 15.2 Å². The Balaban J connectivity index is 1.91. The molecule has 2 N–H and O–H groups in total. The number of ether oxygens (including phenoxy) is 2. The van der Waals surface area contributed by atoms with E-state index < -0.39 is 0 Å². The van der Waals surface area contributed by atoms with E-state index in [1.165, 1.54) is 12.1 Å². The van der Waals surface area contributed by atoms with Crippen molar-refractivity contribution in [2.24, 2.45) is 5.73 Å². The van der Waals surface area contributed by atoms with Crippen LogP contribution in [-0.2, 0) is 14.3 Å². The summed E-state index contributed by atoms with van der Waals surface area (Å²) < 4.78 is 23.7. The summed E-state index contributed by atoms with van der Waals surface area (Å²) in [5.74, 6) is -0.360. The van der Waals surface area contributed by atoms with Gasteiger partial charge in [0.05, 0.1) is 19.8 Å². The summed E-state index contributed by atoms with van der Waals surface area (Å²) in [6.45, 7) is 2.27. The molecule has 1 amide bonds. The number of carbonyl (C=O) groups excluding carboxylic acids is 1. The fourth-order valence-electron chi connectivity index (χ4n) is 2.09. The lowest BCUT2D eigenvalue weighted by Gasteiger charge is -2.33. The van der Waals surface area contributed by atoms with Crippen LogP contribution < -0.4 is 5.73 Å². The summed E-state index contributed by atoms with van der Waals surface area (Å²) in [7, 11) is 0. The molecule has 1 saturated heterocycles. The number of nitrogens with zero attached hydrogens (tertiary/aromatic N) is 1. The summed E-state index contributed by atoms with van der Waals surface area (Å²) in [5.41, 5.74) is 6.17. The van der Waals surface area contributed by atoms with E-state index in [9.17, 15) is 9.18 Å². The first kappa shape index (κ1) is 14.9. The Bertz CT molecular complexity index is 439. The van der Waals surface area contributed by atoms with Crippen LogP contribution >= 0.6 is 0 Å². The third kappa shape index (κ3) is 4.00. The Labute approximate surface area is 117 Å². The standard InChI is InChI=1S/C14H19FN2O3/c15-12-3-1-11(2-4-12)13-9-17(6-8-20-13)14(18)10-19-7-5-16/h1-4,13H,5-10,16H2. The largest absolute Gasteiger partial charge is 0.370 e. The Morgan fingerprint density at radius 1 is 1.45 bits per heavy atom. The van der Waals surface area contributed by atoms with Gasteiger partial charge in [-0.1, -0.05) is 12.1 Å². The molecule has 0 spiro atoms. The lowest BCUT2D eigenvalue weighted by molar-refractivity contribution is -0.143. The molecule has 2 rings (SSSR count). The van der Waals surface area contributed by atoms with Gasteiger partial charge in [-0.25, -0.2) is 4.39 Å². The van der Waals surface area contributed by atoms with Crippen molar-refractivity contribution in [1.82, 2.24) is 4.90 Å². The van der Waals surface area contributed by atoms with Crippen LogP contribution in [0.3, 0.4) is 0 Å². The third-order valence-electron chi connectivity index (χ3n) is 3.15. The van der Waals surface area contributed by atoms with Gasteiger partial charge in [0.1, 0.15) is 18.5 Å². The van der Waals surface area contributed by atoms with Gasteiger partial charge in [0.15, 0.2) is 0 Å². The maximum Gasteiger partial charge on any atom is 0.248 e. The van der Waals surface area contributed by atoms with Crippen LogP contribution in [0, 0.1) is 5.82 Å². The molecular formula is C14H19FN2O3. The summed E-state index contributed by atoms with van der Waals surface area (Å²) in [6.07, 6.45) is -0.220. The highest BCUT2D eigenvalue weighted by molar-refractivity contribution is 5.77. The minimum Gasteiger partial charge on any atom is -0.370 e. The quantitative estimate of drug-likeness (QED) is 0.808. The number of halogens is 1. The van der Waals surface area contributed by atoms with Crippen LogP contribution in [0.2, 0.25) is 0 Å². The number of morpholine rings is 1. The van der Waals surface area contributed by atoms with Crippen LogP contribution in [-0.4, -0.2) is 50.3 Å². The van der Waals surface area contributed by atoms with Crippen molar-refractivity contribution < 1.29 is 18.7 Å². The highest BCUT2D eigenvalue weighted by Gasteiger charge is 2.25. The first-order chi connectivity index (χ1) is 9.70. The van der Waals surface area contributed by atoms with Crippen molar-refractivity contribution in [2.45, 2.75) is 6.10 Å². The monoisotopic (exact) mass is 282 g/mol. The number of hydrogen-bond donors (Lipinski definition) is 1. The molecule has 1 aromatic carbocycles. The van der Waals surface area contributed by atoms with Crippen molar-refractivity contribution in [2.75, 3.05) is 39.5 Å². The van der Waals surface area contributed by atoms with Gasteiger partial charge in [-0.3, -0.25) is 4.79 Å². The first-order valence-electron chi connectivity index (χ1n) is 6.63. The molecule has 1 aromatic rings. The fourth-order valence-corrected chi connectivity index (χ4v) is 2.09. The van der Waals surface area contributed by atoms with Gasteiger partial charge >= 0.3 is 0 Å². The number of nitrogens with two attached hydrogens (primary N) is 1. The molecular weight excluding hydrogens is 263 g/mol. The van der Waals surface area contributed by atoms with Gasteiger partial charge in [-0.2, -0.15) is 0 Å². The molecule has 1 heterocycles. The number of amides is 1. The lowest BCUT2D eigenvalue weighted by atomic mass is 10.1. The van der Waals surface area contributed by atoms with Crippen LogP contribution in [0.15, 0.2) is 24.3 Å². The van der Waals surface area contributed by atoms with Crippen molar-refractivity contribution >= 4 is 5.91 Å². The van der Waals surface area contributed by atoms with E-state index >= 15 is 0 Å². The zero-order chi connectivity index (χ0) is 14.4. The molecule has 20 heavy (non-hydrogen) atoms. The first-order valence-corrected chi connectivity index (χ1v) is 6.63. The zero-order valence-electron chi connectivity index (χ0n) is 11.3. The second kappa shape index (κ2) is 7.33. The minimum atomic E-state index is -0.285. The van der Waals surface area contributed by atoms with Crippen LogP contribution in [0.1, 0.15) is 11.7 Å². The van der Waals surface area contributed by atoms with Crippen LogP contribution in [0.4, 0.5) is 4.39 Å². The summed E-state index contributed by atoms with van der Waals surface area (Å²) in [6, 6.07) is 6.14. The lowest BCUT2D eigenvalue weighted by Crippen LogP contribution is -2.44. The Hall–Kier alpha value is -1.50. The van der Waals surface area contributed by atoms with Crippen molar-refractivity contribution in [3.63, 3.8) is 0 Å². The number of carbonyl (C=O) groups is 1. The van der Waals surface area contributed by atoms with E-state index in [1.807, 2.05) is 0 Å². The van der Waals surface area contributed by atoms with E-state index in [1.54, 1.807) is 17.0 Å². The molecule has 0 aromatic heterocycles. The number of hydrogen-bond acceptors (Lipinski definition) is 4. The molecule has 1 unspecified atom stereocenters. The number of rotatable bonds is 5. The van der Waals surface area contributed by atoms with Gasteiger partial charge in [-0.05, 0) is 17.7 Å². The fraction of sp³-hybridized carbons (Fsp3) is 0.500. The van der Waals surface area contributed by atoms with Crippen molar-refractivity contribution in [1.29, 1.82) is 0 Å². The predicted molar refractivity (Wildman–Crippen MR) is 71.5 cm³/mol. The molecule has 0 radical (unpaired) electrons. The molecule has 5 nitrogen and oxygen atoms in total. The second-order valence-electron chi connectivity index (χ2n) is 4.59. The Morgan fingerprint density at radius 3 is 2.90 bits per heavy atom. The highest BCUT2D eigenvalue weighted by Crippen LogP contribution is 2.22. The average molecular weight is 282 g/mol. The van der Waals surface area contributed by atoms with E-state index in [2.05, 4.69) is 0 Å². The predicted octanol–water partition coefficient (Wildman–Crippen LogP) is 0.701. The maximum atomic E-state index is 12.9. The third-order valence-corrected chi connectivity index (χ3v) is 3.15. The van der Waals surface area contributed by atoms with E-state index in [0.717, 1.165) is 5.56 Å². The Morgan fingerprint density at radius 2 is 2.20 bits per heavy atom. The maximum absolute atomic E-state index is 12.9. The SMILES string of the molecule is NCCOCC(=O)N1CCOC(c2ccc(F)cc2)C1. The van der Waals surface area contributed by atoms with Gasteiger partial charge in [-0.15, -0.1) is 0 Å². The smallest absolute Gasteiger partial charge is 0.248 e. The van der Waals surface area contributed by atoms with E-state index in [0.29, 0.717) is 32.8 Å². The van der Waals surface area contributed by atoms with Crippen molar-refractivity contribution in [3.05, 3.63) is 35.6 Å². The molecule has 0 saturated carbocycles. The average Bonchev–Trinajstić information content (AvgIpc) is 2.48. The van der Waals surface area contributed by atoms with Crippen molar-refractivity contribution in [3.8, 4) is 0 Å². The summed E-state index contributed by atoms with van der Waals surface area (Å²) >= 11 is 0. The van der Waals surface area contributed by atoms with Gasteiger partial charge in [0.25, 0.3) is 0 Å². The minimum absolute atomic E-state index is 0.0351. The Kier molecular flexibility index (Phi) is 5.46. The van der Waals surface area contributed by atoms with Gasteiger partial charge in [0.2, 0.25) is 5.91 Å². The summed E-state index contributed by atoms with van der Waals surface area (Å²) in [4.78, 5) is 13.7. The molecule has 110 valence electrons. The number of benzene rings is 1. The molecule has 1 atom stereocenters. The van der Waals surface area contributed by atoms with E-state index in [-0.39, 0.29) is 24.4 Å². The van der Waals surface area contributed by atoms with Gasteiger partial charge < -0.3 is 20.1 Å². The van der Waals surface area contributed by atoms with Crippen LogP contribution in [0.25, 0.3) is 0 Å². The molecule has 1 aliphatic heterocycles. The normalized spacial score (nSPS) is 19.1. The molecule has 0 bridgehead atoms. The second-order valence-corrected chi connectivity index (χ2v) is 4.59. The zero-order valence-corrected chi connectivity index (χ0v) is 11.3. The summed E-state index contributed by atoms with van der Waals surface area (Å²) in [5, 5.41) is 0.